The molecule has 0 N–H and O–H groups in total. The molecule has 7 nitrogen and oxygen atoms in total. The third kappa shape index (κ3) is 2.42. The molecule has 0 unspecified atom stereocenters. The van der Waals surface area contributed by atoms with E-state index < -0.39 is 0 Å². The van der Waals surface area contributed by atoms with Crippen LogP contribution in [0.1, 0.15) is 41.9 Å². The summed E-state index contributed by atoms with van der Waals surface area (Å²) < 4.78 is 2.11. The van der Waals surface area contributed by atoms with Gasteiger partial charge in [-0.25, -0.2) is 4.98 Å². The van der Waals surface area contributed by atoms with E-state index in [2.05, 4.69) is 38.6 Å². The summed E-state index contributed by atoms with van der Waals surface area (Å²) in [6.45, 7) is 5.98. The van der Waals surface area contributed by atoms with Crippen molar-refractivity contribution in [1.29, 1.82) is 0 Å². The van der Waals surface area contributed by atoms with Crippen LogP contribution < -0.4 is 0 Å². The average Bonchev–Trinajstić information content (AvgIpc) is 3.04. The molecule has 4 rings (SSSR count). The number of rotatable bonds is 2. The Morgan fingerprint density at radius 3 is 2.71 bits per heavy atom. The standard InChI is InChI=1S/C17H18N6O/c1-11(2)16-21-20-15-10-22(7-8-23(15)16)17(24)14-9-18-12-5-3-4-6-13(12)19-14/h3-6,9,11H,7-8,10H2,1-2H3. The molecular weight excluding hydrogens is 304 g/mol. The van der Waals surface area contributed by atoms with E-state index in [1.807, 2.05) is 24.3 Å². The molecule has 3 aromatic rings. The maximum Gasteiger partial charge on any atom is 0.274 e. The lowest BCUT2D eigenvalue weighted by Crippen LogP contribution is -2.39. The molecular formula is C17H18N6O. The molecule has 7 heteroatoms. The Hall–Kier alpha value is -2.83. The monoisotopic (exact) mass is 322 g/mol. The summed E-state index contributed by atoms with van der Waals surface area (Å²) in [7, 11) is 0. The molecule has 0 saturated carbocycles. The molecule has 0 aliphatic carbocycles. The van der Waals surface area contributed by atoms with E-state index in [-0.39, 0.29) is 5.91 Å². The second-order valence-corrected chi connectivity index (χ2v) is 6.25. The van der Waals surface area contributed by atoms with Crippen molar-refractivity contribution in [2.24, 2.45) is 0 Å². The zero-order valence-corrected chi connectivity index (χ0v) is 13.7. The zero-order valence-electron chi connectivity index (χ0n) is 13.7. The van der Waals surface area contributed by atoms with Crippen LogP contribution in [0.15, 0.2) is 30.5 Å². The third-order valence-corrected chi connectivity index (χ3v) is 4.25. The summed E-state index contributed by atoms with van der Waals surface area (Å²) in [5.74, 6) is 2.00. The Kier molecular flexibility index (Phi) is 3.48. The molecule has 0 spiro atoms. The summed E-state index contributed by atoms with van der Waals surface area (Å²) in [6, 6.07) is 7.54. The number of para-hydroxylation sites is 2. The number of nitrogens with zero attached hydrogens (tertiary/aromatic N) is 6. The Morgan fingerprint density at radius 1 is 1.12 bits per heavy atom. The molecule has 1 aliphatic rings. The van der Waals surface area contributed by atoms with Crippen LogP contribution in [-0.2, 0) is 13.1 Å². The molecule has 0 bridgehead atoms. The Bertz CT molecular complexity index is 916. The van der Waals surface area contributed by atoms with Crippen molar-refractivity contribution in [2.45, 2.75) is 32.9 Å². The highest BCUT2D eigenvalue weighted by Gasteiger charge is 2.26. The molecule has 0 fully saturated rings. The first-order valence-electron chi connectivity index (χ1n) is 8.06. The molecule has 24 heavy (non-hydrogen) atoms. The van der Waals surface area contributed by atoms with Crippen LogP contribution >= 0.6 is 0 Å². The van der Waals surface area contributed by atoms with Crippen LogP contribution in [0.3, 0.4) is 0 Å². The molecule has 2 aromatic heterocycles. The molecule has 0 saturated heterocycles. The Balaban J connectivity index is 1.60. The maximum absolute atomic E-state index is 12.8. The molecule has 1 aliphatic heterocycles. The molecule has 3 heterocycles. The largest absolute Gasteiger partial charge is 0.328 e. The van der Waals surface area contributed by atoms with Crippen molar-refractivity contribution in [3.63, 3.8) is 0 Å². The highest BCUT2D eigenvalue weighted by molar-refractivity contribution is 5.93. The fourth-order valence-corrected chi connectivity index (χ4v) is 3.00. The third-order valence-electron chi connectivity index (χ3n) is 4.25. The van der Waals surface area contributed by atoms with Gasteiger partial charge in [-0.05, 0) is 12.1 Å². The van der Waals surface area contributed by atoms with Gasteiger partial charge in [-0.15, -0.1) is 10.2 Å². The van der Waals surface area contributed by atoms with Gasteiger partial charge in [-0.1, -0.05) is 26.0 Å². The van der Waals surface area contributed by atoms with Crippen LogP contribution in [0.2, 0.25) is 0 Å². The van der Waals surface area contributed by atoms with E-state index in [1.54, 1.807) is 11.1 Å². The predicted octanol–water partition coefficient (Wildman–Crippen LogP) is 2.00. The number of amides is 1. The topological polar surface area (TPSA) is 76.8 Å². The maximum atomic E-state index is 12.8. The van der Waals surface area contributed by atoms with Gasteiger partial charge in [0.15, 0.2) is 5.82 Å². The number of benzene rings is 1. The summed E-state index contributed by atoms with van der Waals surface area (Å²) in [4.78, 5) is 23.3. The molecule has 0 radical (unpaired) electrons. The number of hydrogen-bond donors (Lipinski definition) is 0. The van der Waals surface area contributed by atoms with Crippen molar-refractivity contribution < 1.29 is 4.79 Å². The number of carbonyl (C=O) groups is 1. The van der Waals surface area contributed by atoms with Gasteiger partial charge in [0.05, 0.1) is 23.8 Å². The number of carbonyl (C=O) groups excluding carboxylic acids is 1. The molecule has 0 atom stereocenters. The van der Waals surface area contributed by atoms with Crippen molar-refractivity contribution in [1.82, 2.24) is 29.6 Å². The van der Waals surface area contributed by atoms with E-state index in [9.17, 15) is 4.79 Å². The first kappa shape index (κ1) is 14.7. The minimum Gasteiger partial charge on any atom is -0.328 e. The van der Waals surface area contributed by atoms with Crippen molar-refractivity contribution in [2.75, 3.05) is 6.54 Å². The zero-order chi connectivity index (χ0) is 16.7. The van der Waals surface area contributed by atoms with E-state index >= 15 is 0 Å². The first-order chi connectivity index (χ1) is 11.6. The van der Waals surface area contributed by atoms with E-state index in [0.717, 1.165) is 22.7 Å². The van der Waals surface area contributed by atoms with Gasteiger partial charge in [-0.2, -0.15) is 0 Å². The van der Waals surface area contributed by atoms with Gasteiger partial charge in [0.1, 0.15) is 11.5 Å². The van der Waals surface area contributed by atoms with Gasteiger partial charge in [0.2, 0.25) is 0 Å². The Labute approximate surface area is 139 Å². The van der Waals surface area contributed by atoms with Crippen LogP contribution in [-0.4, -0.2) is 42.1 Å². The summed E-state index contributed by atoms with van der Waals surface area (Å²) in [5.41, 5.74) is 1.88. The van der Waals surface area contributed by atoms with Crippen LogP contribution in [0.5, 0.6) is 0 Å². The minimum atomic E-state index is -0.117. The second-order valence-electron chi connectivity index (χ2n) is 6.25. The fourth-order valence-electron chi connectivity index (χ4n) is 3.00. The molecule has 1 aromatic carbocycles. The van der Waals surface area contributed by atoms with Gasteiger partial charge >= 0.3 is 0 Å². The lowest BCUT2D eigenvalue weighted by atomic mass is 10.2. The second kappa shape index (κ2) is 5.67. The summed E-state index contributed by atoms with van der Waals surface area (Å²) >= 11 is 0. The number of hydrogen-bond acceptors (Lipinski definition) is 5. The molecule has 122 valence electrons. The lowest BCUT2D eigenvalue weighted by molar-refractivity contribution is 0.0700. The number of aromatic nitrogens is 5. The normalized spacial score (nSPS) is 14.2. The predicted molar refractivity (Wildman–Crippen MR) is 88.4 cm³/mol. The van der Waals surface area contributed by atoms with Gasteiger partial charge < -0.3 is 9.47 Å². The fraction of sp³-hybridized carbons (Fsp3) is 0.353. The van der Waals surface area contributed by atoms with Gasteiger partial charge in [-0.3, -0.25) is 9.78 Å². The van der Waals surface area contributed by atoms with Crippen molar-refractivity contribution in [3.05, 3.63) is 47.8 Å². The summed E-state index contributed by atoms with van der Waals surface area (Å²) in [5, 5.41) is 8.49. The smallest absolute Gasteiger partial charge is 0.274 e. The van der Waals surface area contributed by atoms with Gasteiger partial charge in [0, 0.05) is 19.0 Å². The van der Waals surface area contributed by atoms with E-state index in [1.165, 1.54) is 0 Å². The highest BCUT2D eigenvalue weighted by atomic mass is 16.2. The van der Waals surface area contributed by atoms with Crippen LogP contribution in [0.4, 0.5) is 0 Å². The average molecular weight is 322 g/mol. The molecule has 1 amide bonds. The van der Waals surface area contributed by atoms with Crippen molar-refractivity contribution >= 4 is 16.9 Å². The summed E-state index contributed by atoms with van der Waals surface area (Å²) in [6.07, 6.45) is 1.55. The van der Waals surface area contributed by atoms with E-state index in [4.69, 9.17) is 0 Å². The minimum absolute atomic E-state index is 0.117. The quantitative estimate of drug-likeness (QED) is 0.721. The van der Waals surface area contributed by atoms with Gasteiger partial charge in [0.25, 0.3) is 5.91 Å². The van der Waals surface area contributed by atoms with Crippen molar-refractivity contribution in [3.8, 4) is 0 Å². The van der Waals surface area contributed by atoms with Crippen LogP contribution in [0, 0.1) is 0 Å². The lowest BCUT2D eigenvalue weighted by Gasteiger charge is -2.28. The first-order valence-corrected chi connectivity index (χ1v) is 8.06. The number of fused-ring (bicyclic) bond motifs is 2. The van der Waals surface area contributed by atoms with E-state index in [0.29, 0.717) is 31.2 Å². The SMILES string of the molecule is CC(C)c1nnc2n1CCN(C(=O)c1cnc3ccccc3n1)C2. The van der Waals surface area contributed by atoms with Crippen LogP contribution in [0.25, 0.3) is 11.0 Å². The highest BCUT2D eigenvalue weighted by Crippen LogP contribution is 2.19. The Morgan fingerprint density at radius 2 is 1.92 bits per heavy atom.